The lowest BCUT2D eigenvalue weighted by atomic mass is 10.0. The molecule has 0 aliphatic heterocycles. The van der Waals surface area contributed by atoms with Gasteiger partial charge in [0.1, 0.15) is 0 Å². The molecule has 0 spiro atoms. The summed E-state index contributed by atoms with van der Waals surface area (Å²) in [6, 6.07) is 10.2. The highest BCUT2D eigenvalue weighted by molar-refractivity contribution is 8.00. The molecule has 1 rings (SSSR count). The zero-order valence-corrected chi connectivity index (χ0v) is 12.8. The Labute approximate surface area is 120 Å². The molecule has 19 heavy (non-hydrogen) atoms. The van der Waals surface area contributed by atoms with Gasteiger partial charge in [0.05, 0.1) is 5.75 Å². The summed E-state index contributed by atoms with van der Waals surface area (Å²) in [5.41, 5.74) is 6.90. The van der Waals surface area contributed by atoms with Crippen molar-refractivity contribution in [1.29, 1.82) is 0 Å². The molecule has 1 amide bonds. The SMILES string of the molecule is CC(CNC(=O)CSCC(C)(C)N)c1ccccc1. The number of carbonyl (C=O) groups is 1. The molecular formula is C15H24N2OS. The minimum atomic E-state index is -0.220. The number of nitrogens with one attached hydrogen (secondary N) is 1. The number of nitrogens with two attached hydrogens (primary N) is 1. The fourth-order valence-corrected chi connectivity index (χ4v) is 2.54. The van der Waals surface area contributed by atoms with E-state index in [0.29, 0.717) is 18.2 Å². The van der Waals surface area contributed by atoms with E-state index in [2.05, 4.69) is 24.4 Å². The van der Waals surface area contributed by atoms with Crippen LogP contribution in [-0.2, 0) is 4.79 Å². The fraction of sp³-hybridized carbons (Fsp3) is 0.533. The third kappa shape index (κ3) is 7.23. The van der Waals surface area contributed by atoms with Crippen molar-refractivity contribution in [2.75, 3.05) is 18.1 Å². The molecule has 0 aliphatic carbocycles. The molecule has 0 fully saturated rings. The van der Waals surface area contributed by atoms with E-state index < -0.39 is 0 Å². The van der Waals surface area contributed by atoms with Gasteiger partial charge in [-0.3, -0.25) is 4.79 Å². The van der Waals surface area contributed by atoms with Gasteiger partial charge in [-0.2, -0.15) is 11.8 Å². The lowest BCUT2D eigenvalue weighted by Gasteiger charge is -2.17. The van der Waals surface area contributed by atoms with E-state index in [1.807, 2.05) is 32.0 Å². The maximum absolute atomic E-state index is 11.7. The molecule has 1 unspecified atom stereocenters. The number of hydrogen-bond donors (Lipinski definition) is 2. The molecule has 1 aromatic rings. The zero-order valence-electron chi connectivity index (χ0n) is 12.0. The van der Waals surface area contributed by atoms with E-state index in [9.17, 15) is 4.79 Å². The predicted molar refractivity (Wildman–Crippen MR) is 83.5 cm³/mol. The normalized spacial score (nSPS) is 13.1. The van der Waals surface area contributed by atoms with Crippen LogP contribution < -0.4 is 11.1 Å². The minimum absolute atomic E-state index is 0.0806. The number of rotatable bonds is 7. The molecule has 4 heteroatoms. The van der Waals surface area contributed by atoms with Crippen LogP contribution in [0.2, 0.25) is 0 Å². The van der Waals surface area contributed by atoms with Crippen LogP contribution in [0.5, 0.6) is 0 Å². The van der Waals surface area contributed by atoms with Gasteiger partial charge in [0, 0.05) is 17.8 Å². The van der Waals surface area contributed by atoms with Crippen LogP contribution in [0.15, 0.2) is 30.3 Å². The van der Waals surface area contributed by atoms with Crippen molar-refractivity contribution >= 4 is 17.7 Å². The van der Waals surface area contributed by atoms with Crippen molar-refractivity contribution in [3.63, 3.8) is 0 Å². The molecule has 0 radical (unpaired) electrons. The van der Waals surface area contributed by atoms with Crippen LogP contribution in [0.3, 0.4) is 0 Å². The molecule has 3 N–H and O–H groups in total. The van der Waals surface area contributed by atoms with E-state index in [1.165, 1.54) is 5.56 Å². The topological polar surface area (TPSA) is 55.1 Å². The Hall–Kier alpha value is -1.00. The van der Waals surface area contributed by atoms with Gasteiger partial charge in [0.25, 0.3) is 0 Å². The molecule has 106 valence electrons. The molecule has 0 aromatic heterocycles. The van der Waals surface area contributed by atoms with Crippen molar-refractivity contribution in [2.24, 2.45) is 5.73 Å². The summed E-state index contributed by atoms with van der Waals surface area (Å²) in [5.74, 6) is 1.68. The highest BCUT2D eigenvalue weighted by Gasteiger charge is 2.12. The van der Waals surface area contributed by atoms with Crippen LogP contribution in [0.1, 0.15) is 32.3 Å². The third-order valence-electron chi connectivity index (χ3n) is 2.68. The first-order valence-electron chi connectivity index (χ1n) is 6.57. The Bertz CT molecular complexity index is 387. The largest absolute Gasteiger partial charge is 0.355 e. The maximum atomic E-state index is 11.7. The van der Waals surface area contributed by atoms with Gasteiger partial charge in [-0.1, -0.05) is 37.3 Å². The van der Waals surface area contributed by atoms with E-state index in [1.54, 1.807) is 11.8 Å². The van der Waals surface area contributed by atoms with Crippen molar-refractivity contribution < 1.29 is 4.79 Å². The Balaban J connectivity index is 2.23. The summed E-state index contributed by atoms with van der Waals surface area (Å²) in [6.45, 7) is 6.73. The van der Waals surface area contributed by atoms with Gasteiger partial charge in [0.15, 0.2) is 0 Å². The molecule has 0 bridgehead atoms. The van der Waals surface area contributed by atoms with Gasteiger partial charge in [-0.05, 0) is 25.3 Å². The summed E-state index contributed by atoms with van der Waals surface area (Å²) in [5, 5.41) is 2.97. The lowest BCUT2D eigenvalue weighted by molar-refractivity contribution is -0.118. The molecule has 3 nitrogen and oxygen atoms in total. The predicted octanol–water partition coefficient (Wildman–Crippen LogP) is 2.38. The quantitative estimate of drug-likeness (QED) is 0.806. The van der Waals surface area contributed by atoms with Crippen LogP contribution in [-0.4, -0.2) is 29.5 Å². The number of thioether (sulfide) groups is 1. The van der Waals surface area contributed by atoms with Gasteiger partial charge in [-0.25, -0.2) is 0 Å². The van der Waals surface area contributed by atoms with Crippen LogP contribution in [0.25, 0.3) is 0 Å². The van der Waals surface area contributed by atoms with Gasteiger partial charge < -0.3 is 11.1 Å². The van der Waals surface area contributed by atoms with Gasteiger partial charge >= 0.3 is 0 Å². The summed E-state index contributed by atoms with van der Waals surface area (Å²) in [4.78, 5) is 11.7. The Morgan fingerprint density at radius 3 is 2.58 bits per heavy atom. The van der Waals surface area contributed by atoms with Crippen molar-refractivity contribution in [1.82, 2.24) is 5.32 Å². The Morgan fingerprint density at radius 2 is 2.00 bits per heavy atom. The number of hydrogen-bond acceptors (Lipinski definition) is 3. The second kappa shape index (κ2) is 7.56. The average Bonchev–Trinajstić information content (AvgIpc) is 2.35. The molecule has 0 heterocycles. The lowest BCUT2D eigenvalue weighted by Crippen LogP contribution is -2.36. The number of carbonyl (C=O) groups excluding carboxylic acids is 1. The monoisotopic (exact) mass is 280 g/mol. The first kappa shape index (κ1) is 16.1. The molecule has 0 saturated carbocycles. The second-order valence-electron chi connectivity index (χ2n) is 5.60. The zero-order chi connectivity index (χ0) is 14.3. The van der Waals surface area contributed by atoms with Crippen molar-refractivity contribution in [3.05, 3.63) is 35.9 Å². The highest BCUT2D eigenvalue weighted by atomic mass is 32.2. The van der Waals surface area contributed by atoms with E-state index >= 15 is 0 Å². The average molecular weight is 280 g/mol. The molecule has 1 atom stereocenters. The second-order valence-corrected chi connectivity index (χ2v) is 6.58. The summed E-state index contributed by atoms with van der Waals surface area (Å²) >= 11 is 1.58. The standard InChI is InChI=1S/C15H24N2OS/c1-12(13-7-5-4-6-8-13)9-17-14(18)10-19-11-15(2,3)16/h4-8,12H,9-11,16H2,1-3H3,(H,17,18). The van der Waals surface area contributed by atoms with Crippen molar-refractivity contribution in [2.45, 2.75) is 32.2 Å². The Kier molecular flexibility index (Phi) is 6.38. The van der Waals surface area contributed by atoms with Crippen molar-refractivity contribution in [3.8, 4) is 0 Å². The van der Waals surface area contributed by atoms with Crippen LogP contribution in [0, 0.1) is 0 Å². The smallest absolute Gasteiger partial charge is 0.230 e. The maximum Gasteiger partial charge on any atom is 0.230 e. The van der Waals surface area contributed by atoms with Gasteiger partial charge in [0.2, 0.25) is 5.91 Å². The molecule has 1 aromatic carbocycles. The Morgan fingerprint density at radius 1 is 1.37 bits per heavy atom. The van der Waals surface area contributed by atoms with Crippen LogP contribution >= 0.6 is 11.8 Å². The minimum Gasteiger partial charge on any atom is -0.355 e. The number of benzene rings is 1. The first-order chi connectivity index (χ1) is 8.88. The van der Waals surface area contributed by atoms with E-state index in [-0.39, 0.29) is 11.4 Å². The molecular weight excluding hydrogens is 256 g/mol. The summed E-state index contributed by atoms with van der Waals surface area (Å²) < 4.78 is 0. The van der Waals surface area contributed by atoms with E-state index in [4.69, 9.17) is 5.73 Å². The van der Waals surface area contributed by atoms with Crippen LogP contribution in [0.4, 0.5) is 0 Å². The highest BCUT2D eigenvalue weighted by Crippen LogP contribution is 2.13. The fourth-order valence-electron chi connectivity index (χ4n) is 1.62. The van der Waals surface area contributed by atoms with E-state index in [0.717, 1.165) is 5.75 Å². The third-order valence-corrected chi connectivity index (χ3v) is 4.10. The number of amides is 1. The first-order valence-corrected chi connectivity index (χ1v) is 7.72. The summed E-state index contributed by atoms with van der Waals surface area (Å²) in [7, 11) is 0. The van der Waals surface area contributed by atoms with Gasteiger partial charge in [-0.15, -0.1) is 0 Å². The summed E-state index contributed by atoms with van der Waals surface area (Å²) in [6.07, 6.45) is 0. The molecule has 0 saturated heterocycles. The molecule has 0 aliphatic rings.